The molecule has 1 saturated heterocycles. The van der Waals surface area contributed by atoms with E-state index in [1.165, 1.54) is 16.8 Å². The zero-order valence-corrected chi connectivity index (χ0v) is 17.4. The number of para-hydroxylation sites is 2. The van der Waals surface area contributed by atoms with Crippen molar-refractivity contribution in [1.82, 2.24) is 9.80 Å². The fourth-order valence-corrected chi connectivity index (χ4v) is 4.03. The topological polar surface area (TPSA) is 47.6 Å². The normalized spacial score (nSPS) is 16.8. The van der Waals surface area contributed by atoms with Crippen molar-refractivity contribution < 1.29 is 4.79 Å². The van der Waals surface area contributed by atoms with E-state index in [0.717, 1.165) is 45.7 Å². The maximum absolute atomic E-state index is 12.3. The molecular weight excluding hydrogens is 395 g/mol. The third kappa shape index (κ3) is 4.97. The lowest BCUT2D eigenvalue weighted by Gasteiger charge is -2.34. The van der Waals surface area contributed by atoms with Gasteiger partial charge in [0.1, 0.15) is 0 Å². The van der Waals surface area contributed by atoms with Crippen molar-refractivity contribution >= 4 is 41.3 Å². The van der Waals surface area contributed by atoms with Gasteiger partial charge in [0.25, 0.3) is 0 Å². The van der Waals surface area contributed by atoms with Crippen LogP contribution in [0.2, 0.25) is 5.02 Å². The van der Waals surface area contributed by atoms with Crippen molar-refractivity contribution in [2.24, 2.45) is 0 Å². The standard InChI is InChI=1S/C21H25ClN4O.ClH/c22-18-6-1-2-7-19(18)24-20(27)15-26-12-10-25(11-13-26)14-17-5-3-4-16-8-9-23-21(16)17;/h1-7,23H,8-15H2,(H,24,27);1H. The average Bonchev–Trinajstić information content (AvgIpc) is 3.15. The Morgan fingerprint density at radius 3 is 2.57 bits per heavy atom. The molecule has 1 fully saturated rings. The molecule has 2 aliphatic rings. The molecule has 2 heterocycles. The van der Waals surface area contributed by atoms with Crippen molar-refractivity contribution in [3.8, 4) is 0 Å². The molecule has 1 amide bonds. The number of hydrogen-bond acceptors (Lipinski definition) is 4. The van der Waals surface area contributed by atoms with Crippen molar-refractivity contribution in [2.75, 3.05) is 49.9 Å². The largest absolute Gasteiger partial charge is 0.384 e. The number of amides is 1. The SMILES string of the molecule is Cl.O=C(CN1CCN(Cc2cccc3c2NCC3)CC1)Nc1ccccc1Cl. The molecule has 2 aromatic rings. The number of fused-ring (bicyclic) bond motifs is 1. The highest BCUT2D eigenvalue weighted by atomic mass is 35.5. The smallest absolute Gasteiger partial charge is 0.238 e. The number of nitrogens with one attached hydrogen (secondary N) is 2. The zero-order valence-electron chi connectivity index (χ0n) is 15.8. The summed E-state index contributed by atoms with van der Waals surface area (Å²) in [4.78, 5) is 17.0. The van der Waals surface area contributed by atoms with Gasteiger partial charge in [0.05, 0.1) is 17.3 Å². The molecule has 0 aromatic heterocycles. The number of carbonyl (C=O) groups is 1. The molecule has 0 spiro atoms. The third-order valence-electron chi connectivity index (χ3n) is 5.31. The van der Waals surface area contributed by atoms with E-state index < -0.39 is 0 Å². The first-order valence-corrected chi connectivity index (χ1v) is 9.90. The van der Waals surface area contributed by atoms with E-state index in [2.05, 4.69) is 38.6 Å². The van der Waals surface area contributed by atoms with Crippen LogP contribution in [0.3, 0.4) is 0 Å². The van der Waals surface area contributed by atoms with Crippen molar-refractivity contribution in [2.45, 2.75) is 13.0 Å². The lowest BCUT2D eigenvalue weighted by atomic mass is 10.1. The van der Waals surface area contributed by atoms with Gasteiger partial charge in [-0.15, -0.1) is 12.4 Å². The van der Waals surface area contributed by atoms with E-state index in [1.807, 2.05) is 18.2 Å². The summed E-state index contributed by atoms with van der Waals surface area (Å²) >= 11 is 6.11. The summed E-state index contributed by atoms with van der Waals surface area (Å²) in [6, 6.07) is 13.9. The van der Waals surface area contributed by atoms with E-state index >= 15 is 0 Å². The second kappa shape index (κ2) is 9.61. The molecule has 0 atom stereocenters. The molecule has 0 bridgehead atoms. The van der Waals surface area contributed by atoms with Gasteiger partial charge in [-0.2, -0.15) is 0 Å². The number of rotatable bonds is 5. The molecule has 0 radical (unpaired) electrons. The first-order valence-electron chi connectivity index (χ1n) is 9.53. The lowest BCUT2D eigenvalue weighted by Crippen LogP contribution is -2.48. The van der Waals surface area contributed by atoms with Crippen LogP contribution in [0.25, 0.3) is 0 Å². The third-order valence-corrected chi connectivity index (χ3v) is 5.64. The summed E-state index contributed by atoms with van der Waals surface area (Å²) < 4.78 is 0. The average molecular weight is 421 g/mol. The van der Waals surface area contributed by atoms with E-state index in [0.29, 0.717) is 17.3 Å². The molecule has 4 rings (SSSR count). The Morgan fingerprint density at radius 2 is 1.79 bits per heavy atom. The molecule has 28 heavy (non-hydrogen) atoms. The van der Waals surface area contributed by atoms with E-state index in [4.69, 9.17) is 11.6 Å². The van der Waals surface area contributed by atoms with Crippen LogP contribution in [0.1, 0.15) is 11.1 Å². The van der Waals surface area contributed by atoms with Gasteiger partial charge in [-0.1, -0.05) is 41.9 Å². The second-order valence-corrected chi connectivity index (χ2v) is 7.62. The van der Waals surface area contributed by atoms with Crippen LogP contribution in [-0.2, 0) is 17.8 Å². The first kappa shape index (κ1) is 20.9. The van der Waals surface area contributed by atoms with E-state index in [9.17, 15) is 4.79 Å². The van der Waals surface area contributed by atoms with Gasteiger partial charge < -0.3 is 10.6 Å². The first-order chi connectivity index (χ1) is 13.2. The van der Waals surface area contributed by atoms with Gasteiger partial charge in [0, 0.05) is 45.0 Å². The molecule has 2 aromatic carbocycles. The molecule has 2 N–H and O–H groups in total. The Morgan fingerprint density at radius 1 is 1.04 bits per heavy atom. The number of nitrogens with zero attached hydrogens (tertiary/aromatic N) is 2. The Labute approximate surface area is 177 Å². The van der Waals surface area contributed by atoms with Gasteiger partial charge in [0.2, 0.25) is 5.91 Å². The van der Waals surface area contributed by atoms with Crippen LogP contribution in [0, 0.1) is 0 Å². The molecule has 2 aliphatic heterocycles. The molecule has 0 saturated carbocycles. The Balaban J connectivity index is 0.00000225. The highest BCUT2D eigenvalue weighted by molar-refractivity contribution is 6.33. The van der Waals surface area contributed by atoms with Crippen LogP contribution < -0.4 is 10.6 Å². The molecule has 5 nitrogen and oxygen atoms in total. The number of anilines is 2. The van der Waals surface area contributed by atoms with Crippen molar-refractivity contribution in [3.05, 3.63) is 58.6 Å². The van der Waals surface area contributed by atoms with Gasteiger partial charge in [-0.25, -0.2) is 0 Å². The van der Waals surface area contributed by atoms with Crippen molar-refractivity contribution in [1.29, 1.82) is 0 Å². The summed E-state index contributed by atoms with van der Waals surface area (Å²) in [6.07, 6.45) is 1.12. The minimum absolute atomic E-state index is 0. The van der Waals surface area contributed by atoms with E-state index in [-0.39, 0.29) is 18.3 Å². The van der Waals surface area contributed by atoms with Crippen LogP contribution in [0.5, 0.6) is 0 Å². The van der Waals surface area contributed by atoms with Gasteiger partial charge in [-0.05, 0) is 29.7 Å². The summed E-state index contributed by atoms with van der Waals surface area (Å²) in [5.74, 6) is -0.0124. The van der Waals surface area contributed by atoms with E-state index in [1.54, 1.807) is 6.07 Å². The fourth-order valence-electron chi connectivity index (χ4n) is 3.84. The highest BCUT2D eigenvalue weighted by Crippen LogP contribution is 2.27. The van der Waals surface area contributed by atoms with Crippen LogP contribution >= 0.6 is 24.0 Å². The molecule has 7 heteroatoms. The molecule has 0 aliphatic carbocycles. The fraction of sp³-hybridized carbons (Fsp3) is 0.381. The number of carbonyl (C=O) groups excluding carboxylic acids is 1. The summed E-state index contributed by atoms with van der Waals surface area (Å²) in [5.41, 5.74) is 4.82. The quantitative estimate of drug-likeness (QED) is 0.776. The number of benzene rings is 2. The number of halogens is 2. The predicted molar refractivity (Wildman–Crippen MR) is 118 cm³/mol. The van der Waals surface area contributed by atoms with Gasteiger partial charge >= 0.3 is 0 Å². The molecule has 0 unspecified atom stereocenters. The predicted octanol–water partition coefficient (Wildman–Crippen LogP) is 3.49. The monoisotopic (exact) mass is 420 g/mol. The Kier molecular flexibility index (Phi) is 7.18. The van der Waals surface area contributed by atoms with Crippen LogP contribution in [-0.4, -0.2) is 55.0 Å². The molecule has 150 valence electrons. The Hall–Kier alpha value is -1.79. The molecular formula is C21H26Cl2N4O. The maximum atomic E-state index is 12.3. The van der Waals surface area contributed by atoms with Gasteiger partial charge in [0.15, 0.2) is 0 Å². The van der Waals surface area contributed by atoms with Crippen LogP contribution in [0.4, 0.5) is 11.4 Å². The minimum Gasteiger partial charge on any atom is -0.384 e. The number of piperazine rings is 1. The maximum Gasteiger partial charge on any atom is 0.238 e. The second-order valence-electron chi connectivity index (χ2n) is 7.21. The van der Waals surface area contributed by atoms with Crippen molar-refractivity contribution in [3.63, 3.8) is 0 Å². The lowest BCUT2D eigenvalue weighted by molar-refractivity contribution is -0.117. The summed E-state index contributed by atoms with van der Waals surface area (Å²) in [7, 11) is 0. The minimum atomic E-state index is -0.0124. The highest BCUT2D eigenvalue weighted by Gasteiger charge is 2.21. The zero-order chi connectivity index (χ0) is 18.6. The summed E-state index contributed by atoms with van der Waals surface area (Å²) in [5, 5.41) is 6.99. The van der Waals surface area contributed by atoms with Crippen LogP contribution in [0.15, 0.2) is 42.5 Å². The Bertz CT molecular complexity index is 822. The number of hydrogen-bond donors (Lipinski definition) is 2. The van der Waals surface area contributed by atoms with Gasteiger partial charge in [-0.3, -0.25) is 14.6 Å². The summed E-state index contributed by atoms with van der Waals surface area (Å²) in [6.45, 7) is 6.17.